The molecule has 0 saturated carbocycles. The number of amides is 1. The Morgan fingerprint density at radius 1 is 1.38 bits per heavy atom. The maximum atomic E-state index is 12.2. The highest BCUT2D eigenvalue weighted by molar-refractivity contribution is 6.33. The first-order chi connectivity index (χ1) is 10.1. The molecule has 1 aromatic heterocycles. The van der Waals surface area contributed by atoms with Gasteiger partial charge in [-0.25, -0.2) is 4.68 Å². The number of aromatic nitrogens is 2. The standard InChI is InChI=1S/C15H18ClN3O2/c1-11-13(15(20)17-9-6-10-21-2)14(16)19(18-11)12-7-4-3-5-8-12/h3-5,7-8H,6,9-10H2,1-2H3,(H,17,20). The first-order valence-corrected chi connectivity index (χ1v) is 7.10. The molecule has 2 rings (SSSR count). The van der Waals surface area contributed by atoms with E-state index in [1.54, 1.807) is 18.7 Å². The summed E-state index contributed by atoms with van der Waals surface area (Å²) in [7, 11) is 1.63. The van der Waals surface area contributed by atoms with Gasteiger partial charge in [-0.15, -0.1) is 0 Å². The highest BCUT2D eigenvalue weighted by Gasteiger charge is 2.20. The fraction of sp³-hybridized carbons (Fsp3) is 0.333. The average molecular weight is 308 g/mol. The van der Waals surface area contributed by atoms with Gasteiger partial charge in [-0.1, -0.05) is 29.8 Å². The second-order valence-electron chi connectivity index (χ2n) is 4.60. The molecule has 1 aromatic carbocycles. The number of nitrogens with one attached hydrogen (secondary N) is 1. The summed E-state index contributed by atoms with van der Waals surface area (Å²) in [6.45, 7) is 2.92. The van der Waals surface area contributed by atoms with Crippen molar-refractivity contribution in [2.75, 3.05) is 20.3 Å². The monoisotopic (exact) mass is 307 g/mol. The Kier molecular flexibility index (Phi) is 5.36. The third kappa shape index (κ3) is 3.62. The third-order valence-electron chi connectivity index (χ3n) is 3.04. The molecule has 0 atom stereocenters. The molecular weight excluding hydrogens is 290 g/mol. The molecule has 0 spiro atoms. The maximum absolute atomic E-state index is 12.2. The van der Waals surface area contributed by atoms with Crippen molar-refractivity contribution in [3.8, 4) is 5.69 Å². The number of nitrogens with zero attached hydrogens (tertiary/aromatic N) is 2. The van der Waals surface area contributed by atoms with Crippen LogP contribution in [0.25, 0.3) is 5.69 Å². The lowest BCUT2D eigenvalue weighted by molar-refractivity contribution is 0.0948. The van der Waals surface area contributed by atoms with E-state index in [0.717, 1.165) is 12.1 Å². The van der Waals surface area contributed by atoms with E-state index in [0.29, 0.717) is 29.6 Å². The number of rotatable bonds is 6. The zero-order valence-corrected chi connectivity index (χ0v) is 12.9. The first-order valence-electron chi connectivity index (χ1n) is 6.73. The third-order valence-corrected chi connectivity index (χ3v) is 3.39. The van der Waals surface area contributed by atoms with Crippen molar-refractivity contribution >= 4 is 17.5 Å². The van der Waals surface area contributed by atoms with E-state index >= 15 is 0 Å². The summed E-state index contributed by atoms with van der Waals surface area (Å²) in [6, 6.07) is 9.48. The first kappa shape index (κ1) is 15.5. The molecule has 0 bridgehead atoms. The largest absolute Gasteiger partial charge is 0.385 e. The van der Waals surface area contributed by atoms with Crippen LogP contribution in [-0.4, -0.2) is 35.9 Å². The van der Waals surface area contributed by atoms with Crippen molar-refractivity contribution in [3.05, 3.63) is 46.7 Å². The van der Waals surface area contributed by atoms with E-state index in [2.05, 4.69) is 10.4 Å². The molecule has 1 amide bonds. The molecule has 0 unspecified atom stereocenters. The Balaban J connectivity index is 2.18. The second kappa shape index (κ2) is 7.24. The van der Waals surface area contributed by atoms with Crippen LogP contribution >= 0.6 is 11.6 Å². The molecule has 6 heteroatoms. The van der Waals surface area contributed by atoms with Gasteiger partial charge in [-0.05, 0) is 25.5 Å². The summed E-state index contributed by atoms with van der Waals surface area (Å²) in [6.07, 6.45) is 0.756. The molecule has 5 nitrogen and oxygen atoms in total. The number of carbonyl (C=O) groups excluding carboxylic acids is 1. The van der Waals surface area contributed by atoms with Crippen LogP contribution in [0.1, 0.15) is 22.5 Å². The van der Waals surface area contributed by atoms with Crippen molar-refractivity contribution in [1.29, 1.82) is 0 Å². The number of halogens is 1. The molecule has 0 aliphatic rings. The maximum Gasteiger partial charge on any atom is 0.256 e. The van der Waals surface area contributed by atoms with E-state index in [-0.39, 0.29) is 5.91 Å². The Hall–Kier alpha value is -1.85. The van der Waals surface area contributed by atoms with Crippen LogP contribution in [0, 0.1) is 6.92 Å². The van der Waals surface area contributed by atoms with Gasteiger partial charge in [0.2, 0.25) is 0 Å². The molecule has 0 aliphatic heterocycles. The molecule has 1 N–H and O–H groups in total. The molecule has 2 aromatic rings. The van der Waals surface area contributed by atoms with Gasteiger partial charge in [0.25, 0.3) is 5.91 Å². The molecule has 0 aliphatic carbocycles. The lowest BCUT2D eigenvalue weighted by Gasteiger charge is -2.05. The number of ether oxygens (including phenoxy) is 1. The number of carbonyl (C=O) groups is 1. The van der Waals surface area contributed by atoms with Crippen LogP contribution in [0.4, 0.5) is 0 Å². The zero-order chi connectivity index (χ0) is 15.2. The van der Waals surface area contributed by atoms with Crippen molar-refractivity contribution < 1.29 is 9.53 Å². The van der Waals surface area contributed by atoms with E-state index < -0.39 is 0 Å². The number of aryl methyl sites for hydroxylation is 1. The number of benzene rings is 1. The molecule has 112 valence electrons. The van der Waals surface area contributed by atoms with Gasteiger partial charge in [-0.2, -0.15) is 5.10 Å². The topological polar surface area (TPSA) is 56.1 Å². The summed E-state index contributed by atoms with van der Waals surface area (Å²) < 4.78 is 6.52. The minimum absolute atomic E-state index is 0.212. The number of methoxy groups -OCH3 is 1. The summed E-state index contributed by atoms with van der Waals surface area (Å²) >= 11 is 6.31. The van der Waals surface area contributed by atoms with Crippen molar-refractivity contribution in [2.45, 2.75) is 13.3 Å². The van der Waals surface area contributed by atoms with Crippen molar-refractivity contribution in [3.63, 3.8) is 0 Å². The van der Waals surface area contributed by atoms with E-state index in [4.69, 9.17) is 16.3 Å². The highest BCUT2D eigenvalue weighted by atomic mass is 35.5. The van der Waals surface area contributed by atoms with Crippen LogP contribution in [0.5, 0.6) is 0 Å². The Morgan fingerprint density at radius 3 is 2.76 bits per heavy atom. The van der Waals surface area contributed by atoms with Gasteiger partial charge in [-0.3, -0.25) is 4.79 Å². The number of para-hydroxylation sites is 1. The molecule has 21 heavy (non-hydrogen) atoms. The van der Waals surface area contributed by atoms with Crippen LogP contribution in [-0.2, 0) is 4.74 Å². The average Bonchev–Trinajstić information content (AvgIpc) is 2.79. The lowest BCUT2D eigenvalue weighted by atomic mass is 10.2. The van der Waals surface area contributed by atoms with Crippen LogP contribution in [0.3, 0.4) is 0 Å². The highest BCUT2D eigenvalue weighted by Crippen LogP contribution is 2.23. The van der Waals surface area contributed by atoms with Crippen molar-refractivity contribution in [2.24, 2.45) is 0 Å². The summed E-state index contributed by atoms with van der Waals surface area (Å²) in [5.74, 6) is -0.212. The predicted octanol–water partition coefficient (Wildman–Crippen LogP) is 2.60. The van der Waals surface area contributed by atoms with E-state index in [9.17, 15) is 4.79 Å². The van der Waals surface area contributed by atoms with Gasteiger partial charge in [0.1, 0.15) is 5.15 Å². The lowest BCUT2D eigenvalue weighted by Crippen LogP contribution is -2.25. The molecule has 0 saturated heterocycles. The Bertz CT molecular complexity index is 611. The minimum Gasteiger partial charge on any atom is -0.385 e. The van der Waals surface area contributed by atoms with Crippen molar-refractivity contribution in [1.82, 2.24) is 15.1 Å². The summed E-state index contributed by atoms with van der Waals surface area (Å²) in [4.78, 5) is 12.2. The smallest absolute Gasteiger partial charge is 0.256 e. The van der Waals surface area contributed by atoms with Crippen LogP contribution in [0.2, 0.25) is 5.15 Å². The number of hydrogen-bond acceptors (Lipinski definition) is 3. The quantitative estimate of drug-likeness (QED) is 0.835. The minimum atomic E-state index is -0.212. The Morgan fingerprint density at radius 2 is 2.10 bits per heavy atom. The zero-order valence-electron chi connectivity index (χ0n) is 12.1. The van der Waals surface area contributed by atoms with Crippen LogP contribution < -0.4 is 5.32 Å². The molecule has 0 fully saturated rings. The van der Waals surface area contributed by atoms with Crippen LogP contribution in [0.15, 0.2) is 30.3 Å². The van der Waals surface area contributed by atoms with E-state index in [1.165, 1.54) is 0 Å². The van der Waals surface area contributed by atoms with Gasteiger partial charge >= 0.3 is 0 Å². The number of hydrogen-bond donors (Lipinski definition) is 1. The fourth-order valence-corrected chi connectivity index (χ4v) is 2.36. The second-order valence-corrected chi connectivity index (χ2v) is 4.96. The Labute approximate surface area is 128 Å². The summed E-state index contributed by atoms with van der Waals surface area (Å²) in [5, 5.41) is 7.49. The predicted molar refractivity (Wildman–Crippen MR) is 82.1 cm³/mol. The fourth-order valence-electron chi connectivity index (χ4n) is 2.00. The van der Waals surface area contributed by atoms with Gasteiger partial charge < -0.3 is 10.1 Å². The van der Waals surface area contributed by atoms with Gasteiger partial charge in [0.05, 0.1) is 16.9 Å². The molecule has 1 heterocycles. The van der Waals surface area contributed by atoms with E-state index in [1.807, 2.05) is 30.3 Å². The SMILES string of the molecule is COCCCNC(=O)c1c(C)nn(-c2ccccc2)c1Cl. The molecular formula is C15H18ClN3O2. The van der Waals surface area contributed by atoms with Gasteiger partial charge in [0.15, 0.2) is 0 Å². The van der Waals surface area contributed by atoms with Gasteiger partial charge in [0, 0.05) is 20.3 Å². The summed E-state index contributed by atoms with van der Waals surface area (Å²) in [5.41, 5.74) is 1.84. The molecule has 0 radical (unpaired) electrons. The normalized spacial score (nSPS) is 10.6.